The molecular formula is C21H20ClNO4. The van der Waals surface area contributed by atoms with Crippen LogP contribution in [0.3, 0.4) is 0 Å². The van der Waals surface area contributed by atoms with Crippen molar-refractivity contribution >= 4 is 17.6 Å². The van der Waals surface area contributed by atoms with Gasteiger partial charge in [0.25, 0.3) is 0 Å². The molecule has 3 aromatic rings. The van der Waals surface area contributed by atoms with Gasteiger partial charge in [0.2, 0.25) is 0 Å². The van der Waals surface area contributed by atoms with E-state index in [1.807, 2.05) is 54.0 Å². The lowest BCUT2D eigenvalue weighted by molar-refractivity contribution is -0.00550. The van der Waals surface area contributed by atoms with Crippen molar-refractivity contribution in [1.82, 2.24) is 4.57 Å². The van der Waals surface area contributed by atoms with Crippen LogP contribution in [-0.4, -0.2) is 40.1 Å². The minimum atomic E-state index is -0.948. The minimum absolute atomic E-state index is 0.371. The van der Waals surface area contributed by atoms with E-state index in [1.54, 1.807) is 18.2 Å². The summed E-state index contributed by atoms with van der Waals surface area (Å²) in [4.78, 5) is 12.6. The van der Waals surface area contributed by atoms with Crippen molar-refractivity contribution in [2.75, 3.05) is 13.2 Å². The predicted molar refractivity (Wildman–Crippen MR) is 104 cm³/mol. The molecule has 1 heterocycles. The van der Waals surface area contributed by atoms with Crippen molar-refractivity contribution < 1.29 is 19.7 Å². The topological polar surface area (TPSA) is 71.7 Å². The molecule has 0 unspecified atom stereocenters. The van der Waals surface area contributed by atoms with Gasteiger partial charge in [-0.3, -0.25) is 0 Å². The Morgan fingerprint density at radius 3 is 2.30 bits per heavy atom. The largest absolute Gasteiger partial charge is 0.454 e. The Morgan fingerprint density at radius 1 is 1.07 bits per heavy atom. The summed E-state index contributed by atoms with van der Waals surface area (Å²) in [5, 5.41) is 19.0. The Balaban J connectivity index is 2.11. The molecule has 5 nitrogen and oxygen atoms in total. The number of carbonyl (C=O) groups is 1. The van der Waals surface area contributed by atoms with E-state index in [0.29, 0.717) is 16.3 Å². The van der Waals surface area contributed by atoms with Crippen LogP contribution in [0.2, 0.25) is 5.02 Å². The molecule has 0 radical (unpaired) electrons. The fourth-order valence-electron chi connectivity index (χ4n) is 2.90. The first-order valence-electron chi connectivity index (χ1n) is 8.51. The fraction of sp³-hybridized carbons (Fsp3) is 0.190. The zero-order valence-corrected chi connectivity index (χ0v) is 15.6. The van der Waals surface area contributed by atoms with Gasteiger partial charge < -0.3 is 19.5 Å². The first kappa shape index (κ1) is 19.2. The van der Waals surface area contributed by atoms with E-state index < -0.39 is 25.3 Å². The standard InChI is InChI=1S/C21H20ClNO4/c1-14-19(21(26)27-18(12-24)13-25)11-20(15-7-9-16(22)10-8-15)23(14)17-5-3-2-4-6-17/h2-11,18,24-25H,12-13H2,1H3. The molecule has 0 atom stereocenters. The molecule has 2 N–H and O–H groups in total. The number of aromatic nitrogens is 1. The summed E-state index contributed by atoms with van der Waals surface area (Å²) in [6, 6.07) is 18.8. The maximum Gasteiger partial charge on any atom is 0.340 e. The molecule has 0 amide bonds. The van der Waals surface area contributed by atoms with Crippen molar-refractivity contribution in [3.8, 4) is 16.9 Å². The molecular weight excluding hydrogens is 366 g/mol. The molecule has 2 aromatic carbocycles. The third-order valence-corrected chi connectivity index (χ3v) is 4.55. The lowest BCUT2D eigenvalue weighted by Gasteiger charge is -2.14. The van der Waals surface area contributed by atoms with Crippen molar-refractivity contribution in [2.45, 2.75) is 13.0 Å². The van der Waals surface area contributed by atoms with Gasteiger partial charge in [-0.05, 0) is 42.8 Å². The highest BCUT2D eigenvalue weighted by atomic mass is 35.5. The summed E-state index contributed by atoms with van der Waals surface area (Å²) in [6.07, 6.45) is -0.948. The van der Waals surface area contributed by atoms with E-state index in [2.05, 4.69) is 0 Å². The molecule has 140 valence electrons. The molecule has 27 heavy (non-hydrogen) atoms. The van der Waals surface area contributed by atoms with Crippen molar-refractivity contribution in [3.05, 3.63) is 76.9 Å². The Hall–Kier alpha value is -2.60. The van der Waals surface area contributed by atoms with Gasteiger partial charge in [-0.25, -0.2) is 4.79 Å². The predicted octanol–water partition coefficient (Wildman–Crippen LogP) is 3.62. The summed E-state index contributed by atoms with van der Waals surface area (Å²) >= 11 is 6.00. The zero-order chi connectivity index (χ0) is 19.4. The van der Waals surface area contributed by atoms with Crippen LogP contribution < -0.4 is 0 Å². The average Bonchev–Trinajstić information content (AvgIpc) is 3.04. The molecule has 0 aliphatic heterocycles. The van der Waals surface area contributed by atoms with Gasteiger partial charge in [-0.15, -0.1) is 0 Å². The Bertz CT molecular complexity index is 915. The van der Waals surface area contributed by atoms with Crippen LogP contribution >= 0.6 is 11.6 Å². The molecule has 1 aromatic heterocycles. The summed E-state index contributed by atoms with van der Waals surface area (Å²) in [6.45, 7) is 0.950. The number of benzene rings is 2. The van der Waals surface area contributed by atoms with E-state index in [4.69, 9.17) is 16.3 Å². The van der Waals surface area contributed by atoms with E-state index in [-0.39, 0.29) is 0 Å². The quantitative estimate of drug-likeness (QED) is 0.636. The van der Waals surface area contributed by atoms with Crippen LogP contribution in [0.1, 0.15) is 16.1 Å². The third kappa shape index (κ3) is 4.06. The Kier molecular flexibility index (Phi) is 5.96. The van der Waals surface area contributed by atoms with E-state index in [1.165, 1.54) is 0 Å². The van der Waals surface area contributed by atoms with Gasteiger partial charge in [0.05, 0.1) is 24.5 Å². The van der Waals surface area contributed by atoms with Gasteiger partial charge >= 0.3 is 5.97 Å². The van der Waals surface area contributed by atoms with Crippen molar-refractivity contribution in [2.24, 2.45) is 0 Å². The van der Waals surface area contributed by atoms with E-state index in [0.717, 1.165) is 16.9 Å². The van der Waals surface area contributed by atoms with Crippen LogP contribution in [0, 0.1) is 6.92 Å². The molecule has 0 aliphatic rings. The molecule has 6 heteroatoms. The summed E-state index contributed by atoms with van der Waals surface area (Å²) in [5.41, 5.74) is 3.68. The van der Waals surface area contributed by atoms with Crippen LogP contribution in [0.15, 0.2) is 60.7 Å². The smallest absolute Gasteiger partial charge is 0.340 e. The Labute approximate surface area is 162 Å². The molecule has 0 saturated heterocycles. The number of aliphatic hydroxyl groups is 2. The maximum atomic E-state index is 12.6. The zero-order valence-electron chi connectivity index (χ0n) is 14.8. The number of esters is 1. The number of rotatable bonds is 6. The summed E-state index contributed by atoms with van der Waals surface area (Å²) < 4.78 is 7.17. The monoisotopic (exact) mass is 385 g/mol. The van der Waals surface area contributed by atoms with Crippen LogP contribution in [-0.2, 0) is 4.74 Å². The molecule has 0 spiro atoms. The van der Waals surface area contributed by atoms with E-state index >= 15 is 0 Å². The van der Waals surface area contributed by atoms with Gasteiger partial charge in [0.1, 0.15) is 6.10 Å². The van der Waals surface area contributed by atoms with Gasteiger partial charge in [-0.1, -0.05) is 41.9 Å². The van der Waals surface area contributed by atoms with Crippen LogP contribution in [0.4, 0.5) is 0 Å². The second-order valence-electron chi connectivity index (χ2n) is 6.10. The van der Waals surface area contributed by atoms with Crippen LogP contribution in [0.5, 0.6) is 0 Å². The number of nitrogens with zero attached hydrogens (tertiary/aromatic N) is 1. The number of halogens is 1. The number of aliphatic hydroxyl groups excluding tert-OH is 2. The van der Waals surface area contributed by atoms with Gasteiger partial charge in [-0.2, -0.15) is 0 Å². The average molecular weight is 386 g/mol. The number of hydrogen-bond donors (Lipinski definition) is 2. The number of para-hydroxylation sites is 1. The fourth-order valence-corrected chi connectivity index (χ4v) is 3.03. The summed E-state index contributed by atoms with van der Waals surface area (Å²) in [7, 11) is 0. The van der Waals surface area contributed by atoms with Crippen molar-refractivity contribution in [1.29, 1.82) is 0 Å². The SMILES string of the molecule is Cc1c(C(=O)OC(CO)CO)cc(-c2ccc(Cl)cc2)n1-c1ccccc1. The molecule has 3 rings (SSSR count). The van der Waals surface area contributed by atoms with Gasteiger partial charge in [0.15, 0.2) is 0 Å². The number of ether oxygens (including phenoxy) is 1. The number of hydrogen-bond acceptors (Lipinski definition) is 4. The first-order valence-corrected chi connectivity index (χ1v) is 8.89. The molecule has 0 saturated carbocycles. The minimum Gasteiger partial charge on any atom is -0.454 e. The number of carbonyl (C=O) groups excluding carboxylic acids is 1. The second kappa shape index (κ2) is 8.39. The first-order chi connectivity index (χ1) is 13.0. The molecule has 0 bridgehead atoms. The highest BCUT2D eigenvalue weighted by Crippen LogP contribution is 2.30. The van der Waals surface area contributed by atoms with Crippen LogP contribution in [0.25, 0.3) is 16.9 Å². The van der Waals surface area contributed by atoms with E-state index in [9.17, 15) is 15.0 Å². The third-order valence-electron chi connectivity index (χ3n) is 4.30. The second-order valence-corrected chi connectivity index (χ2v) is 6.54. The lowest BCUT2D eigenvalue weighted by atomic mass is 10.1. The Morgan fingerprint density at radius 2 is 1.70 bits per heavy atom. The van der Waals surface area contributed by atoms with Gasteiger partial charge in [0, 0.05) is 16.4 Å². The molecule has 0 aliphatic carbocycles. The maximum absolute atomic E-state index is 12.6. The highest BCUT2D eigenvalue weighted by molar-refractivity contribution is 6.30. The normalized spacial score (nSPS) is 11.0. The highest BCUT2D eigenvalue weighted by Gasteiger charge is 2.22. The molecule has 0 fully saturated rings. The summed E-state index contributed by atoms with van der Waals surface area (Å²) in [5.74, 6) is -0.592. The van der Waals surface area contributed by atoms with Crippen molar-refractivity contribution in [3.63, 3.8) is 0 Å². The lowest BCUT2D eigenvalue weighted by Crippen LogP contribution is -2.25.